The maximum atomic E-state index is 13.4. The van der Waals surface area contributed by atoms with E-state index in [0.29, 0.717) is 0 Å². The number of benzene rings is 1. The highest BCUT2D eigenvalue weighted by Gasteiger charge is 2.39. The highest BCUT2D eigenvalue weighted by molar-refractivity contribution is 5.95. The summed E-state index contributed by atoms with van der Waals surface area (Å²) in [5.74, 6) is -0.760. The van der Waals surface area contributed by atoms with Gasteiger partial charge in [-0.1, -0.05) is 6.07 Å². The van der Waals surface area contributed by atoms with Gasteiger partial charge in [0.1, 0.15) is 5.82 Å². The molecule has 1 aliphatic rings. The Hall–Kier alpha value is -1.38. The van der Waals surface area contributed by atoms with Gasteiger partial charge in [0.05, 0.1) is 5.56 Å². The lowest BCUT2D eigenvalue weighted by Gasteiger charge is -2.11. The van der Waals surface area contributed by atoms with Crippen molar-refractivity contribution in [2.24, 2.45) is 0 Å². The predicted molar refractivity (Wildman–Crippen MR) is 56.2 cm³/mol. The van der Waals surface area contributed by atoms with Crippen molar-refractivity contribution in [1.82, 2.24) is 5.32 Å². The van der Waals surface area contributed by atoms with Gasteiger partial charge < -0.3 is 5.32 Å². The summed E-state index contributed by atoms with van der Waals surface area (Å²) in [5.41, 5.74) is 0.851. The van der Waals surface area contributed by atoms with E-state index in [4.69, 9.17) is 0 Å². The molecule has 3 heteroatoms. The molecule has 1 amide bonds. The van der Waals surface area contributed by atoms with Gasteiger partial charge in [-0.2, -0.15) is 0 Å². The standard InChI is InChI=1S/C12H14FNO/c1-8-3-4-9(10(13)7-8)11(15)14-12(2)5-6-12/h3-4,7H,5-6H2,1-2H3,(H,14,15). The second-order valence-corrected chi connectivity index (χ2v) is 4.50. The fourth-order valence-electron chi connectivity index (χ4n) is 1.46. The normalized spacial score (nSPS) is 17.3. The van der Waals surface area contributed by atoms with Crippen LogP contribution in [0.1, 0.15) is 35.7 Å². The van der Waals surface area contributed by atoms with E-state index in [2.05, 4.69) is 5.32 Å². The van der Waals surface area contributed by atoms with Crippen LogP contribution in [-0.2, 0) is 0 Å². The van der Waals surface area contributed by atoms with Crippen LogP contribution in [0.3, 0.4) is 0 Å². The molecule has 1 N–H and O–H groups in total. The van der Waals surface area contributed by atoms with E-state index in [-0.39, 0.29) is 17.0 Å². The zero-order chi connectivity index (χ0) is 11.1. The molecule has 15 heavy (non-hydrogen) atoms. The summed E-state index contributed by atoms with van der Waals surface area (Å²) in [5, 5.41) is 2.83. The van der Waals surface area contributed by atoms with Crippen LogP contribution >= 0.6 is 0 Å². The molecule has 0 radical (unpaired) electrons. The van der Waals surface area contributed by atoms with Crippen LogP contribution in [0, 0.1) is 12.7 Å². The second-order valence-electron chi connectivity index (χ2n) is 4.50. The first-order chi connectivity index (χ1) is 7.00. The zero-order valence-electron chi connectivity index (χ0n) is 8.93. The van der Waals surface area contributed by atoms with E-state index in [9.17, 15) is 9.18 Å². The Morgan fingerprint density at radius 2 is 2.13 bits per heavy atom. The molecule has 1 aliphatic carbocycles. The highest BCUT2D eigenvalue weighted by atomic mass is 19.1. The topological polar surface area (TPSA) is 29.1 Å². The van der Waals surface area contributed by atoms with Crippen LogP contribution in [0.2, 0.25) is 0 Å². The molecule has 0 saturated heterocycles. The molecule has 1 aromatic carbocycles. The molecule has 2 rings (SSSR count). The third-order valence-electron chi connectivity index (χ3n) is 2.78. The van der Waals surface area contributed by atoms with Gasteiger partial charge in [-0.3, -0.25) is 4.79 Å². The minimum absolute atomic E-state index is 0.103. The molecule has 0 heterocycles. The first-order valence-electron chi connectivity index (χ1n) is 5.09. The van der Waals surface area contributed by atoms with Crippen LogP contribution in [0.15, 0.2) is 18.2 Å². The minimum atomic E-state index is -0.447. The Bertz CT molecular complexity index is 410. The van der Waals surface area contributed by atoms with E-state index < -0.39 is 5.82 Å². The first kappa shape index (κ1) is 10.1. The summed E-state index contributed by atoms with van der Waals surface area (Å²) < 4.78 is 13.4. The lowest BCUT2D eigenvalue weighted by Crippen LogP contribution is -2.34. The van der Waals surface area contributed by atoms with Gasteiger partial charge in [0.2, 0.25) is 0 Å². The predicted octanol–water partition coefficient (Wildman–Crippen LogP) is 2.42. The fraction of sp³-hybridized carbons (Fsp3) is 0.417. The highest BCUT2D eigenvalue weighted by Crippen LogP contribution is 2.34. The Kier molecular flexibility index (Phi) is 2.25. The Labute approximate surface area is 88.5 Å². The summed E-state index contributed by atoms with van der Waals surface area (Å²) >= 11 is 0. The molecule has 0 bridgehead atoms. The van der Waals surface area contributed by atoms with E-state index in [1.165, 1.54) is 12.1 Å². The van der Waals surface area contributed by atoms with Crippen molar-refractivity contribution in [1.29, 1.82) is 0 Å². The van der Waals surface area contributed by atoms with Gasteiger partial charge in [-0.05, 0) is 44.4 Å². The smallest absolute Gasteiger partial charge is 0.254 e. The number of nitrogens with one attached hydrogen (secondary N) is 1. The monoisotopic (exact) mass is 207 g/mol. The maximum absolute atomic E-state index is 13.4. The van der Waals surface area contributed by atoms with E-state index in [0.717, 1.165) is 18.4 Å². The van der Waals surface area contributed by atoms with Crippen LogP contribution in [-0.4, -0.2) is 11.4 Å². The zero-order valence-corrected chi connectivity index (χ0v) is 8.93. The Balaban J connectivity index is 2.18. The molecule has 0 unspecified atom stereocenters. The number of rotatable bonds is 2. The number of aryl methyl sites for hydroxylation is 1. The minimum Gasteiger partial charge on any atom is -0.347 e. The molecule has 0 aliphatic heterocycles. The SMILES string of the molecule is Cc1ccc(C(=O)NC2(C)CC2)c(F)c1. The summed E-state index contributed by atoms with van der Waals surface area (Å²) in [6.45, 7) is 3.77. The lowest BCUT2D eigenvalue weighted by molar-refractivity contribution is 0.0931. The molecule has 0 spiro atoms. The summed E-state index contributed by atoms with van der Waals surface area (Å²) in [6, 6.07) is 4.66. The van der Waals surface area contributed by atoms with Gasteiger partial charge in [0.15, 0.2) is 0 Å². The van der Waals surface area contributed by atoms with Gasteiger partial charge >= 0.3 is 0 Å². The molecule has 80 valence electrons. The molecule has 1 fully saturated rings. The summed E-state index contributed by atoms with van der Waals surface area (Å²) in [4.78, 5) is 11.7. The molecule has 1 aromatic rings. The van der Waals surface area contributed by atoms with Crippen molar-refractivity contribution in [2.45, 2.75) is 32.2 Å². The molecule has 0 aromatic heterocycles. The van der Waals surface area contributed by atoms with Crippen molar-refractivity contribution in [3.05, 3.63) is 35.1 Å². The van der Waals surface area contributed by atoms with Gasteiger partial charge in [-0.25, -0.2) is 4.39 Å². The number of carbonyl (C=O) groups is 1. The van der Waals surface area contributed by atoms with Crippen molar-refractivity contribution in [2.75, 3.05) is 0 Å². The third kappa shape index (κ3) is 2.17. The van der Waals surface area contributed by atoms with Crippen LogP contribution in [0.4, 0.5) is 4.39 Å². The Morgan fingerprint density at radius 1 is 1.47 bits per heavy atom. The summed E-state index contributed by atoms with van der Waals surface area (Å²) in [7, 11) is 0. The largest absolute Gasteiger partial charge is 0.347 e. The molecular formula is C12H14FNO. The third-order valence-corrected chi connectivity index (χ3v) is 2.78. The molecular weight excluding hydrogens is 193 g/mol. The first-order valence-corrected chi connectivity index (χ1v) is 5.09. The van der Waals surface area contributed by atoms with Gasteiger partial charge in [0, 0.05) is 5.54 Å². The average molecular weight is 207 g/mol. The Morgan fingerprint density at radius 3 is 2.67 bits per heavy atom. The van der Waals surface area contributed by atoms with Gasteiger partial charge in [0.25, 0.3) is 5.91 Å². The number of hydrogen-bond donors (Lipinski definition) is 1. The average Bonchev–Trinajstić information content (AvgIpc) is 2.82. The maximum Gasteiger partial charge on any atom is 0.254 e. The van der Waals surface area contributed by atoms with Gasteiger partial charge in [-0.15, -0.1) is 0 Å². The van der Waals surface area contributed by atoms with E-state index in [1.807, 2.05) is 6.92 Å². The second kappa shape index (κ2) is 3.33. The fourth-order valence-corrected chi connectivity index (χ4v) is 1.46. The number of hydrogen-bond acceptors (Lipinski definition) is 1. The van der Waals surface area contributed by atoms with Crippen LogP contribution in [0.5, 0.6) is 0 Å². The van der Waals surface area contributed by atoms with Crippen LogP contribution in [0.25, 0.3) is 0 Å². The number of amides is 1. The van der Waals surface area contributed by atoms with Crippen LogP contribution < -0.4 is 5.32 Å². The van der Waals surface area contributed by atoms with Crippen molar-refractivity contribution < 1.29 is 9.18 Å². The lowest BCUT2D eigenvalue weighted by atomic mass is 10.1. The van der Waals surface area contributed by atoms with E-state index >= 15 is 0 Å². The van der Waals surface area contributed by atoms with Crippen molar-refractivity contribution in [3.8, 4) is 0 Å². The molecule has 1 saturated carbocycles. The quantitative estimate of drug-likeness (QED) is 0.792. The van der Waals surface area contributed by atoms with E-state index in [1.54, 1.807) is 13.0 Å². The summed E-state index contributed by atoms with van der Waals surface area (Å²) in [6.07, 6.45) is 1.96. The number of carbonyl (C=O) groups excluding carboxylic acids is 1. The number of halogens is 1. The van der Waals surface area contributed by atoms with Crippen molar-refractivity contribution in [3.63, 3.8) is 0 Å². The molecule has 2 nitrogen and oxygen atoms in total. The molecule has 0 atom stereocenters. The van der Waals surface area contributed by atoms with Crippen molar-refractivity contribution >= 4 is 5.91 Å².